The third-order valence-electron chi connectivity index (χ3n) is 5.19. The number of imide groups is 1. The van der Waals surface area contributed by atoms with Crippen molar-refractivity contribution in [2.75, 3.05) is 11.1 Å². The SMILES string of the molecule is Cc1cccc(NC(=O)NC(=O)CSc2nnc(-c3ccoc3C)n2-c2ccccc2)c1C. The first kappa shape index (κ1) is 22.3. The van der Waals surface area contributed by atoms with Crippen LogP contribution in [0.25, 0.3) is 17.1 Å². The fourth-order valence-electron chi connectivity index (χ4n) is 3.30. The highest BCUT2D eigenvalue weighted by Gasteiger charge is 2.20. The Morgan fingerprint density at radius 1 is 1.00 bits per heavy atom. The Balaban J connectivity index is 1.47. The number of hydrogen-bond acceptors (Lipinski definition) is 6. The average molecular weight is 462 g/mol. The van der Waals surface area contributed by atoms with Gasteiger partial charge in [0.25, 0.3) is 0 Å². The van der Waals surface area contributed by atoms with E-state index in [0.29, 0.717) is 16.7 Å². The largest absolute Gasteiger partial charge is 0.469 e. The minimum absolute atomic E-state index is 0.00441. The van der Waals surface area contributed by atoms with E-state index in [1.165, 1.54) is 11.8 Å². The van der Waals surface area contributed by atoms with Crippen LogP contribution >= 0.6 is 11.8 Å². The first-order valence-electron chi connectivity index (χ1n) is 10.3. The summed E-state index contributed by atoms with van der Waals surface area (Å²) in [6, 6.07) is 16.5. The van der Waals surface area contributed by atoms with Gasteiger partial charge >= 0.3 is 6.03 Å². The number of anilines is 1. The normalized spacial score (nSPS) is 10.8. The van der Waals surface area contributed by atoms with Crippen LogP contribution in [0.1, 0.15) is 16.9 Å². The van der Waals surface area contributed by atoms with E-state index in [9.17, 15) is 9.59 Å². The van der Waals surface area contributed by atoms with Crippen molar-refractivity contribution in [3.63, 3.8) is 0 Å². The van der Waals surface area contributed by atoms with E-state index in [-0.39, 0.29) is 5.75 Å². The van der Waals surface area contributed by atoms with Crippen LogP contribution in [0.2, 0.25) is 0 Å². The van der Waals surface area contributed by atoms with E-state index in [1.807, 2.05) is 73.9 Å². The second kappa shape index (κ2) is 9.74. The van der Waals surface area contributed by atoms with Crippen LogP contribution in [0.5, 0.6) is 0 Å². The Morgan fingerprint density at radius 3 is 2.52 bits per heavy atom. The predicted octanol–water partition coefficient (Wildman–Crippen LogP) is 4.89. The molecule has 4 aromatic rings. The van der Waals surface area contributed by atoms with Crippen molar-refractivity contribution in [1.82, 2.24) is 20.1 Å². The molecule has 9 heteroatoms. The van der Waals surface area contributed by atoms with Gasteiger partial charge in [-0.15, -0.1) is 10.2 Å². The Bertz CT molecular complexity index is 1300. The van der Waals surface area contributed by atoms with E-state index < -0.39 is 11.9 Å². The lowest BCUT2D eigenvalue weighted by Crippen LogP contribution is -2.35. The number of thioether (sulfide) groups is 1. The zero-order valence-electron chi connectivity index (χ0n) is 18.5. The average Bonchev–Trinajstić information content (AvgIpc) is 3.41. The molecule has 3 amide bonds. The maximum atomic E-state index is 12.4. The Hall–Kier alpha value is -3.85. The molecule has 2 aromatic carbocycles. The molecule has 0 aliphatic heterocycles. The second-order valence-electron chi connectivity index (χ2n) is 7.41. The van der Waals surface area contributed by atoms with Gasteiger partial charge in [-0.2, -0.15) is 0 Å². The number of furan rings is 1. The van der Waals surface area contributed by atoms with E-state index in [4.69, 9.17) is 4.42 Å². The first-order chi connectivity index (χ1) is 15.9. The lowest BCUT2D eigenvalue weighted by atomic mass is 10.1. The third-order valence-corrected chi connectivity index (χ3v) is 6.11. The van der Waals surface area contributed by atoms with Gasteiger partial charge in [-0.3, -0.25) is 14.7 Å². The summed E-state index contributed by atoms with van der Waals surface area (Å²) < 4.78 is 7.30. The first-order valence-corrected chi connectivity index (χ1v) is 11.3. The molecule has 8 nitrogen and oxygen atoms in total. The molecule has 0 fully saturated rings. The van der Waals surface area contributed by atoms with Gasteiger partial charge in [-0.05, 0) is 56.2 Å². The summed E-state index contributed by atoms with van der Waals surface area (Å²) >= 11 is 1.19. The number of amides is 3. The Labute approximate surface area is 195 Å². The summed E-state index contributed by atoms with van der Waals surface area (Å²) in [6.45, 7) is 5.73. The molecule has 0 bridgehead atoms. The standard InChI is InChI=1S/C24H23N5O3S/c1-15-8-7-11-20(16(15)2)25-23(31)26-21(30)14-33-24-28-27-22(19-12-13-32-17(19)3)29(24)18-9-5-4-6-10-18/h4-13H,14H2,1-3H3,(H2,25,26,30,31). The van der Waals surface area contributed by atoms with Gasteiger partial charge in [0.15, 0.2) is 11.0 Å². The van der Waals surface area contributed by atoms with Crippen LogP contribution in [0.3, 0.4) is 0 Å². The van der Waals surface area contributed by atoms with Crippen LogP contribution < -0.4 is 10.6 Å². The fraction of sp³-hybridized carbons (Fsp3) is 0.167. The summed E-state index contributed by atoms with van der Waals surface area (Å²) in [4.78, 5) is 24.7. The number of nitrogens with one attached hydrogen (secondary N) is 2. The van der Waals surface area contributed by atoms with Gasteiger partial charge in [-0.1, -0.05) is 42.1 Å². The fourth-order valence-corrected chi connectivity index (χ4v) is 4.05. The molecule has 168 valence electrons. The molecule has 0 aliphatic rings. The number of benzene rings is 2. The van der Waals surface area contributed by atoms with Gasteiger partial charge in [0.2, 0.25) is 5.91 Å². The molecule has 33 heavy (non-hydrogen) atoms. The molecule has 2 N–H and O–H groups in total. The molecule has 4 rings (SSSR count). The van der Waals surface area contributed by atoms with Crippen molar-refractivity contribution in [1.29, 1.82) is 0 Å². The van der Waals surface area contributed by atoms with Crippen LogP contribution in [0.4, 0.5) is 10.5 Å². The third kappa shape index (κ3) is 4.98. The number of carbonyl (C=O) groups is 2. The highest BCUT2D eigenvalue weighted by Crippen LogP contribution is 2.30. The molecular weight excluding hydrogens is 438 g/mol. The van der Waals surface area contributed by atoms with Gasteiger partial charge < -0.3 is 9.73 Å². The zero-order valence-corrected chi connectivity index (χ0v) is 19.3. The molecule has 0 atom stereocenters. The summed E-state index contributed by atoms with van der Waals surface area (Å²) in [5.74, 6) is 0.890. The van der Waals surface area contributed by atoms with Crippen LogP contribution in [0, 0.1) is 20.8 Å². The van der Waals surface area contributed by atoms with Crippen molar-refractivity contribution in [2.45, 2.75) is 25.9 Å². The molecule has 2 heterocycles. The number of urea groups is 1. The molecule has 2 aromatic heterocycles. The molecule has 0 spiro atoms. The molecule has 0 saturated heterocycles. The lowest BCUT2D eigenvalue weighted by Gasteiger charge is -2.11. The number of rotatable bonds is 6. The summed E-state index contributed by atoms with van der Waals surface area (Å²) in [5, 5.41) is 14.2. The maximum Gasteiger partial charge on any atom is 0.325 e. The molecule has 0 aliphatic carbocycles. The molecule has 0 saturated carbocycles. The van der Waals surface area contributed by atoms with Crippen LogP contribution in [-0.2, 0) is 4.79 Å². The minimum atomic E-state index is -0.575. The van der Waals surface area contributed by atoms with E-state index in [1.54, 1.807) is 12.3 Å². The summed E-state index contributed by atoms with van der Waals surface area (Å²) in [7, 11) is 0. The number of carbonyl (C=O) groups excluding carboxylic acids is 2. The lowest BCUT2D eigenvalue weighted by molar-refractivity contribution is -0.117. The number of aryl methyl sites for hydroxylation is 2. The highest BCUT2D eigenvalue weighted by molar-refractivity contribution is 7.99. The monoisotopic (exact) mass is 461 g/mol. The number of para-hydroxylation sites is 1. The number of hydrogen-bond donors (Lipinski definition) is 2. The van der Waals surface area contributed by atoms with Gasteiger partial charge in [-0.25, -0.2) is 4.79 Å². The number of aromatic nitrogens is 3. The van der Waals surface area contributed by atoms with E-state index in [0.717, 1.165) is 28.1 Å². The smallest absolute Gasteiger partial charge is 0.325 e. The Kier molecular flexibility index (Phi) is 6.60. The zero-order chi connectivity index (χ0) is 23.4. The van der Waals surface area contributed by atoms with E-state index in [2.05, 4.69) is 20.8 Å². The Morgan fingerprint density at radius 2 is 1.79 bits per heavy atom. The topological polar surface area (TPSA) is 102 Å². The molecule has 0 radical (unpaired) electrons. The van der Waals surface area contributed by atoms with Crippen molar-refractivity contribution in [3.05, 3.63) is 77.7 Å². The van der Waals surface area contributed by atoms with Crippen molar-refractivity contribution < 1.29 is 14.0 Å². The summed E-state index contributed by atoms with van der Waals surface area (Å²) in [6.07, 6.45) is 1.60. The highest BCUT2D eigenvalue weighted by atomic mass is 32.2. The maximum absolute atomic E-state index is 12.4. The van der Waals surface area contributed by atoms with Gasteiger partial charge in [0, 0.05) is 11.4 Å². The number of nitrogens with zero attached hydrogens (tertiary/aromatic N) is 3. The quantitative estimate of drug-likeness (QED) is 0.396. The minimum Gasteiger partial charge on any atom is -0.469 e. The van der Waals surface area contributed by atoms with Gasteiger partial charge in [0.05, 0.1) is 17.6 Å². The van der Waals surface area contributed by atoms with Gasteiger partial charge in [0.1, 0.15) is 5.76 Å². The van der Waals surface area contributed by atoms with Crippen LogP contribution in [0.15, 0.2) is 70.4 Å². The molecule has 0 unspecified atom stereocenters. The van der Waals surface area contributed by atoms with Crippen molar-refractivity contribution >= 4 is 29.4 Å². The molecular formula is C24H23N5O3S. The van der Waals surface area contributed by atoms with Crippen molar-refractivity contribution in [3.8, 4) is 17.1 Å². The van der Waals surface area contributed by atoms with E-state index >= 15 is 0 Å². The van der Waals surface area contributed by atoms with Crippen LogP contribution in [-0.4, -0.2) is 32.5 Å². The second-order valence-corrected chi connectivity index (χ2v) is 8.35. The van der Waals surface area contributed by atoms with Crippen molar-refractivity contribution in [2.24, 2.45) is 0 Å². The summed E-state index contributed by atoms with van der Waals surface area (Å²) in [5.41, 5.74) is 4.34. The predicted molar refractivity (Wildman–Crippen MR) is 128 cm³/mol.